The smallest absolute Gasteiger partial charge is 0.418 e. The van der Waals surface area contributed by atoms with Gasteiger partial charge in [0.05, 0.1) is 18.9 Å². The second-order valence-corrected chi connectivity index (χ2v) is 8.27. The van der Waals surface area contributed by atoms with Crippen LogP contribution in [0.5, 0.6) is 0 Å². The quantitative estimate of drug-likeness (QED) is 0.648. The average Bonchev–Trinajstić information content (AvgIpc) is 2.74. The summed E-state index contributed by atoms with van der Waals surface area (Å²) in [5.74, 6) is 0.165. The van der Waals surface area contributed by atoms with Crippen LogP contribution in [0.15, 0.2) is 54.3 Å². The molecule has 1 amide bonds. The Morgan fingerprint density at radius 3 is 2.37 bits per heavy atom. The maximum absolute atomic E-state index is 13.0. The summed E-state index contributed by atoms with van der Waals surface area (Å²) in [6, 6.07) is 9.63. The van der Waals surface area contributed by atoms with Gasteiger partial charge < -0.3 is 14.6 Å². The van der Waals surface area contributed by atoms with Crippen molar-refractivity contribution in [1.29, 1.82) is 0 Å². The van der Waals surface area contributed by atoms with E-state index in [1.165, 1.54) is 0 Å². The molecule has 1 unspecified atom stereocenters. The third kappa shape index (κ3) is 6.46. The van der Waals surface area contributed by atoms with Gasteiger partial charge in [-0.3, -0.25) is 4.90 Å². The molecule has 1 fully saturated rings. The maximum atomic E-state index is 13.0. The van der Waals surface area contributed by atoms with Crippen molar-refractivity contribution in [1.82, 2.24) is 0 Å². The number of para-hydroxylation sites is 1. The minimum absolute atomic E-state index is 0.240. The molecule has 0 aromatic heterocycles. The molecule has 2 aliphatic rings. The third-order valence-corrected chi connectivity index (χ3v) is 5.73. The van der Waals surface area contributed by atoms with Crippen LogP contribution in [0.3, 0.4) is 0 Å². The van der Waals surface area contributed by atoms with Crippen molar-refractivity contribution in [3.8, 4) is 0 Å². The second kappa shape index (κ2) is 11.0. The maximum Gasteiger partial charge on any atom is 0.418 e. The zero-order valence-electron chi connectivity index (χ0n) is 17.5. The Kier molecular flexibility index (Phi) is 8.08. The van der Waals surface area contributed by atoms with E-state index < -0.39 is 5.97 Å². The fourth-order valence-electron chi connectivity index (χ4n) is 4.09. The largest absolute Gasteiger partial charge is 0.480 e. The average molecular weight is 414 g/mol. The molecule has 0 bridgehead atoms. The molecular weight excluding hydrogens is 382 g/mol. The summed E-state index contributed by atoms with van der Waals surface area (Å²) in [5, 5.41) is 8.66. The zero-order chi connectivity index (χ0) is 21.3. The number of hydrogen-bond donors (Lipinski definition) is 1. The summed E-state index contributed by atoms with van der Waals surface area (Å²) < 4.78 is 11.0. The Bertz CT molecular complexity index is 765. The first-order valence-electron chi connectivity index (χ1n) is 10.7. The van der Waals surface area contributed by atoms with E-state index in [0.717, 1.165) is 43.5 Å². The third-order valence-electron chi connectivity index (χ3n) is 5.73. The molecule has 0 heterocycles. The lowest BCUT2D eigenvalue weighted by molar-refractivity contribution is -0.142. The van der Waals surface area contributed by atoms with E-state index in [2.05, 4.69) is 13.0 Å². The van der Waals surface area contributed by atoms with E-state index in [9.17, 15) is 9.59 Å². The zero-order valence-corrected chi connectivity index (χ0v) is 17.5. The van der Waals surface area contributed by atoms with Gasteiger partial charge in [0.2, 0.25) is 0 Å². The number of benzene rings is 1. The fraction of sp³-hybridized carbons (Fsp3) is 0.500. The van der Waals surface area contributed by atoms with Gasteiger partial charge in [-0.15, -0.1) is 0 Å². The van der Waals surface area contributed by atoms with Crippen LogP contribution < -0.4 is 4.90 Å². The van der Waals surface area contributed by atoms with E-state index in [1.54, 1.807) is 4.90 Å². The molecule has 3 rings (SSSR count). The number of rotatable bonds is 8. The van der Waals surface area contributed by atoms with Gasteiger partial charge in [-0.05, 0) is 68.1 Å². The molecule has 6 heteroatoms. The summed E-state index contributed by atoms with van der Waals surface area (Å²) in [6.07, 6.45) is 10.4. The number of carboxylic acid groups (broad SMARTS) is 1. The number of carbonyl (C=O) groups is 2. The molecule has 30 heavy (non-hydrogen) atoms. The number of aliphatic carboxylic acids is 1. The van der Waals surface area contributed by atoms with Crippen molar-refractivity contribution in [2.75, 3.05) is 24.7 Å². The van der Waals surface area contributed by atoms with Crippen molar-refractivity contribution in [3.05, 3.63) is 54.3 Å². The van der Waals surface area contributed by atoms with Crippen molar-refractivity contribution in [2.24, 2.45) is 17.8 Å². The number of anilines is 1. The first kappa shape index (κ1) is 22.1. The van der Waals surface area contributed by atoms with Crippen LogP contribution in [-0.4, -0.2) is 37.0 Å². The molecule has 1 aromatic rings. The lowest BCUT2D eigenvalue weighted by Crippen LogP contribution is -2.33. The van der Waals surface area contributed by atoms with Gasteiger partial charge in [-0.25, -0.2) is 9.59 Å². The van der Waals surface area contributed by atoms with E-state index >= 15 is 0 Å². The Morgan fingerprint density at radius 1 is 1.07 bits per heavy atom. The van der Waals surface area contributed by atoms with Gasteiger partial charge in [-0.2, -0.15) is 0 Å². The topological polar surface area (TPSA) is 76.1 Å². The van der Waals surface area contributed by atoms with Gasteiger partial charge in [0, 0.05) is 5.70 Å². The number of allylic oxidation sites excluding steroid dienone is 4. The van der Waals surface area contributed by atoms with Crippen molar-refractivity contribution >= 4 is 17.7 Å². The monoisotopic (exact) mass is 413 g/mol. The Morgan fingerprint density at radius 2 is 1.73 bits per heavy atom. The molecule has 0 aliphatic heterocycles. The van der Waals surface area contributed by atoms with Crippen LogP contribution in [0.2, 0.25) is 0 Å². The van der Waals surface area contributed by atoms with Crippen LogP contribution in [0, 0.1) is 17.8 Å². The number of nitrogens with zero attached hydrogens (tertiary/aromatic N) is 1. The summed E-state index contributed by atoms with van der Waals surface area (Å²) in [5.41, 5.74) is 1.76. The first-order chi connectivity index (χ1) is 14.5. The lowest BCUT2D eigenvalue weighted by Gasteiger charge is -2.30. The van der Waals surface area contributed by atoms with E-state index in [1.807, 2.05) is 42.5 Å². The Labute approximate surface area is 178 Å². The molecule has 2 aliphatic carbocycles. The van der Waals surface area contributed by atoms with Gasteiger partial charge in [0.25, 0.3) is 0 Å². The molecular formula is C24H31NO5. The molecule has 6 nitrogen and oxygen atoms in total. The Balaban J connectivity index is 1.52. The summed E-state index contributed by atoms with van der Waals surface area (Å²) in [6.45, 7) is 2.79. The summed E-state index contributed by atoms with van der Waals surface area (Å²) in [4.78, 5) is 25.3. The predicted molar refractivity (Wildman–Crippen MR) is 115 cm³/mol. The molecule has 0 saturated heterocycles. The van der Waals surface area contributed by atoms with Gasteiger partial charge in [0.1, 0.15) is 6.61 Å². The first-order valence-corrected chi connectivity index (χ1v) is 10.7. The van der Waals surface area contributed by atoms with Crippen LogP contribution in [0.25, 0.3) is 0 Å². The van der Waals surface area contributed by atoms with E-state index in [-0.39, 0.29) is 12.7 Å². The van der Waals surface area contributed by atoms with Crippen LogP contribution in [0.1, 0.15) is 39.0 Å². The highest BCUT2D eigenvalue weighted by Crippen LogP contribution is 2.31. The fourth-order valence-corrected chi connectivity index (χ4v) is 4.09. The molecule has 1 aromatic carbocycles. The minimum Gasteiger partial charge on any atom is -0.480 e. The molecule has 1 atom stereocenters. The molecule has 0 spiro atoms. The number of carboxylic acids is 1. The number of carbonyl (C=O) groups excluding carboxylic acids is 1. The number of hydrogen-bond acceptors (Lipinski definition) is 4. The summed E-state index contributed by atoms with van der Waals surface area (Å²) >= 11 is 0. The van der Waals surface area contributed by atoms with Crippen LogP contribution in [-0.2, 0) is 14.3 Å². The molecule has 1 saturated carbocycles. The normalized spacial score (nSPS) is 23.5. The molecule has 0 radical (unpaired) electrons. The molecule has 1 N–H and O–H groups in total. The highest BCUT2D eigenvalue weighted by atomic mass is 16.6. The predicted octanol–water partition coefficient (Wildman–Crippen LogP) is 5.02. The Hall–Kier alpha value is -2.60. The van der Waals surface area contributed by atoms with Crippen molar-refractivity contribution in [3.63, 3.8) is 0 Å². The van der Waals surface area contributed by atoms with Crippen LogP contribution in [0.4, 0.5) is 10.5 Å². The van der Waals surface area contributed by atoms with Gasteiger partial charge in [-0.1, -0.05) is 37.3 Å². The van der Waals surface area contributed by atoms with E-state index in [4.69, 9.17) is 14.6 Å². The second-order valence-electron chi connectivity index (χ2n) is 8.27. The summed E-state index contributed by atoms with van der Waals surface area (Å²) in [7, 11) is 0. The lowest BCUT2D eigenvalue weighted by atomic mass is 9.83. The SMILES string of the molecule is CC1C=CC=C(N(C(=O)OCC2CCC(COCC(=O)O)CC2)c2ccccc2)C1. The van der Waals surface area contributed by atoms with E-state index in [0.29, 0.717) is 31.0 Å². The number of ether oxygens (including phenoxy) is 2. The van der Waals surface area contributed by atoms with Crippen molar-refractivity contribution < 1.29 is 24.2 Å². The van der Waals surface area contributed by atoms with Gasteiger partial charge >= 0.3 is 12.1 Å². The highest BCUT2D eigenvalue weighted by molar-refractivity contribution is 5.91. The molecule has 162 valence electrons. The number of amides is 1. The van der Waals surface area contributed by atoms with Crippen molar-refractivity contribution in [2.45, 2.75) is 39.0 Å². The minimum atomic E-state index is -0.934. The van der Waals surface area contributed by atoms with Crippen LogP contribution >= 0.6 is 0 Å². The van der Waals surface area contributed by atoms with Gasteiger partial charge in [0.15, 0.2) is 0 Å². The standard InChI is InChI=1S/C24H31NO5/c1-18-6-5-9-22(14-18)25(21-7-3-2-4-8-21)24(28)30-16-20-12-10-19(11-13-20)15-29-17-23(26)27/h2-9,18-20H,10-17H2,1H3,(H,26,27). The highest BCUT2D eigenvalue weighted by Gasteiger charge is 2.26.